The first-order valence-electron chi connectivity index (χ1n) is 8.10. The topological polar surface area (TPSA) is 79.0 Å². The van der Waals surface area contributed by atoms with Crippen molar-refractivity contribution < 1.29 is 19.1 Å². The number of carbonyl (C=O) groups is 3. The number of likely N-dealkylation sites (tertiary alicyclic amines) is 1. The molecule has 0 saturated carbocycles. The van der Waals surface area contributed by atoms with Crippen molar-refractivity contribution in [1.29, 1.82) is 0 Å². The molecular formula is C17H21N3O4. The lowest BCUT2D eigenvalue weighted by Gasteiger charge is -2.30. The number of nitrogens with one attached hydrogen (secondary N) is 1. The highest BCUT2D eigenvalue weighted by molar-refractivity contribution is 5.98. The number of ether oxygens (including phenoxy) is 1. The van der Waals surface area contributed by atoms with Gasteiger partial charge in [-0.3, -0.25) is 14.9 Å². The van der Waals surface area contributed by atoms with E-state index in [0.717, 1.165) is 24.2 Å². The van der Waals surface area contributed by atoms with Crippen LogP contribution in [0.3, 0.4) is 0 Å². The number of rotatable bonds is 4. The molecule has 2 aliphatic heterocycles. The van der Waals surface area contributed by atoms with Crippen molar-refractivity contribution in [2.24, 2.45) is 0 Å². The highest BCUT2D eigenvalue weighted by Gasteiger charge is 2.32. The minimum atomic E-state index is -0.486. The Bertz CT molecular complexity index is 644. The number of nitrogens with zero attached hydrogens (tertiary/aromatic N) is 2. The van der Waals surface area contributed by atoms with E-state index in [0.29, 0.717) is 6.54 Å². The van der Waals surface area contributed by atoms with Gasteiger partial charge in [-0.2, -0.15) is 0 Å². The third-order valence-corrected chi connectivity index (χ3v) is 4.54. The maximum Gasteiger partial charge on any atom is 0.324 e. The summed E-state index contributed by atoms with van der Waals surface area (Å²) >= 11 is 0. The summed E-state index contributed by atoms with van der Waals surface area (Å²) in [5.41, 5.74) is 1.07. The lowest BCUT2D eigenvalue weighted by molar-refractivity contribution is -0.133. The second-order valence-corrected chi connectivity index (χ2v) is 6.04. The van der Waals surface area contributed by atoms with Crippen molar-refractivity contribution in [3.05, 3.63) is 29.8 Å². The van der Waals surface area contributed by atoms with Crippen LogP contribution in [0.5, 0.6) is 5.75 Å². The van der Waals surface area contributed by atoms with E-state index in [2.05, 4.69) is 5.32 Å². The van der Waals surface area contributed by atoms with Crippen LogP contribution in [0.15, 0.2) is 24.3 Å². The summed E-state index contributed by atoms with van der Waals surface area (Å²) in [6.45, 7) is 0.979. The second-order valence-electron chi connectivity index (χ2n) is 6.04. The van der Waals surface area contributed by atoms with E-state index in [1.54, 1.807) is 7.11 Å². The zero-order valence-electron chi connectivity index (χ0n) is 13.7. The summed E-state index contributed by atoms with van der Waals surface area (Å²) in [4.78, 5) is 38.8. The summed E-state index contributed by atoms with van der Waals surface area (Å²) in [5.74, 6) is 0.406. The SMILES string of the molecule is COc1ccc(C2CCCN2C(=O)CN2CCC(=O)NC2=O)cc1. The number of methoxy groups -OCH3 is 1. The van der Waals surface area contributed by atoms with Gasteiger partial charge in [0.25, 0.3) is 0 Å². The lowest BCUT2D eigenvalue weighted by Crippen LogP contribution is -2.52. The van der Waals surface area contributed by atoms with Gasteiger partial charge in [-0.25, -0.2) is 4.79 Å². The standard InChI is InChI=1S/C17H21N3O4/c1-24-13-6-4-12(5-7-13)14-3-2-9-20(14)16(22)11-19-10-8-15(21)18-17(19)23/h4-7,14H,2-3,8-11H2,1H3,(H,18,21,23). The molecule has 4 amide bonds. The molecular weight excluding hydrogens is 310 g/mol. The van der Waals surface area contributed by atoms with Gasteiger partial charge < -0.3 is 14.5 Å². The quantitative estimate of drug-likeness (QED) is 0.902. The van der Waals surface area contributed by atoms with Crippen LogP contribution in [0.2, 0.25) is 0 Å². The number of imide groups is 1. The Morgan fingerprint density at radius 3 is 2.67 bits per heavy atom. The molecule has 0 aliphatic carbocycles. The molecule has 3 rings (SSSR count). The molecule has 2 aliphatic rings. The summed E-state index contributed by atoms with van der Waals surface area (Å²) < 4.78 is 5.17. The van der Waals surface area contributed by atoms with Crippen LogP contribution in [0.4, 0.5) is 4.79 Å². The molecule has 0 bridgehead atoms. The van der Waals surface area contributed by atoms with Gasteiger partial charge in [-0.15, -0.1) is 0 Å². The molecule has 24 heavy (non-hydrogen) atoms. The normalized spacial score (nSPS) is 21.0. The molecule has 0 spiro atoms. The van der Waals surface area contributed by atoms with Crippen molar-refractivity contribution in [3.63, 3.8) is 0 Å². The number of hydrogen-bond donors (Lipinski definition) is 1. The summed E-state index contributed by atoms with van der Waals surface area (Å²) in [6, 6.07) is 7.26. The van der Waals surface area contributed by atoms with Crippen molar-refractivity contribution >= 4 is 17.8 Å². The zero-order chi connectivity index (χ0) is 17.1. The molecule has 2 heterocycles. The van der Waals surface area contributed by atoms with Crippen molar-refractivity contribution in [2.75, 3.05) is 26.7 Å². The van der Waals surface area contributed by atoms with E-state index in [1.807, 2.05) is 29.2 Å². The fraction of sp³-hybridized carbons (Fsp3) is 0.471. The molecule has 2 saturated heterocycles. The second kappa shape index (κ2) is 6.90. The number of benzene rings is 1. The molecule has 1 N–H and O–H groups in total. The third kappa shape index (κ3) is 3.34. The Balaban J connectivity index is 1.67. The van der Waals surface area contributed by atoms with E-state index in [-0.39, 0.29) is 37.4 Å². The number of amides is 4. The average Bonchev–Trinajstić information content (AvgIpc) is 3.07. The van der Waals surface area contributed by atoms with E-state index < -0.39 is 6.03 Å². The Labute approximate surface area is 140 Å². The summed E-state index contributed by atoms with van der Waals surface area (Å²) in [5, 5.41) is 2.24. The molecule has 0 radical (unpaired) electrons. The lowest BCUT2D eigenvalue weighted by atomic mass is 10.0. The van der Waals surface area contributed by atoms with E-state index in [4.69, 9.17) is 4.74 Å². The van der Waals surface area contributed by atoms with Crippen LogP contribution in [0.25, 0.3) is 0 Å². The Hall–Kier alpha value is -2.57. The van der Waals surface area contributed by atoms with Gasteiger partial charge in [-0.05, 0) is 30.5 Å². The highest BCUT2D eigenvalue weighted by atomic mass is 16.5. The fourth-order valence-electron chi connectivity index (χ4n) is 3.24. The molecule has 7 nitrogen and oxygen atoms in total. The minimum absolute atomic E-state index is 0.00572. The smallest absolute Gasteiger partial charge is 0.324 e. The fourth-order valence-corrected chi connectivity index (χ4v) is 3.24. The first kappa shape index (κ1) is 16.3. The summed E-state index contributed by atoms with van der Waals surface area (Å²) in [6.07, 6.45) is 2.08. The van der Waals surface area contributed by atoms with Crippen molar-refractivity contribution in [3.8, 4) is 5.75 Å². The minimum Gasteiger partial charge on any atom is -0.497 e. The summed E-state index contributed by atoms with van der Waals surface area (Å²) in [7, 11) is 1.62. The predicted octanol–water partition coefficient (Wildman–Crippen LogP) is 1.30. The van der Waals surface area contributed by atoms with Gasteiger partial charge in [0, 0.05) is 19.5 Å². The van der Waals surface area contributed by atoms with Gasteiger partial charge in [0.05, 0.1) is 13.2 Å². The largest absolute Gasteiger partial charge is 0.497 e. The molecule has 1 aromatic carbocycles. The van der Waals surface area contributed by atoms with Gasteiger partial charge in [-0.1, -0.05) is 12.1 Å². The Morgan fingerprint density at radius 1 is 1.25 bits per heavy atom. The van der Waals surface area contributed by atoms with Crippen LogP contribution in [0, 0.1) is 0 Å². The number of carbonyl (C=O) groups excluding carboxylic acids is 3. The maximum atomic E-state index is 12.6. The zero-order valence-corrected chi connectivity index (χ0v) is 13.7. The van der Waals surface area contributed by atoms with E-state index >= 15 is 0 Å². The van der Waals surface area contributed by atoms with Crippen molar-refractivity contribution in [1.82, 2.24) is 15.1 Å². The Kier molecular flexibility index (Phi) is 4.69. The monoisotopic (exact) mass is 331 g/mol. The maximum absolute atomic E-state index is 12.6. The molecule has 1 aromatic rings. The van der Waals surface area contributed by atoms with Crippen LogP contribution in [-0.4, -0.2) is 54.4 Å². The van der Waals surface area contributed by atoms with Gasteiger partial charge >= 0.3 is 6.03 Å². The first-order chi connectivity index (χ1) is 11.6. The van der Waals surface area contributed by atoms with Crippen LogP contribution in [-0.2, 0) is 9.59 Å². The molecule has 2 fully saturated rings. The van der Waals surface area contributed by atoms with Gasteiger partial charge in [0.15, 0.2) is 0 Å². The predicted molar refractivity (Wildman–Crippen MR) is 86.4 cm³/mol. The van der Waals surface area contributed by atoms with Gasteiger partial charge in [0.1, 0.15) is 12.3 Å². The molecule has 1 atom stereocenters. The Morgan fingerprint density at radius 2 is 2.00 bits per heavy atom. The highest BCUT2D eigenvalue weighted by Crippen LogP contribution is 2.32. The van der Waals surface area contributed by atoms with Crippen molar-refractivity contribution in [2.45, 2.75) is 25.3 Å². The molecule has 7 heteroatoms. The average molecular weight is 331 g/mol. The molecule has 0 aromatic heterocycles. The third-order valence-electron chi connectivity index (χ3n) is 4.54. The molecule has 1 unspecified atom stereocenters. The van der Waals surface area contributed by atoms with E-state index in [1.165, 1.54) is 4.90 Å². The first-order valence-corrected chi connectivity index (χ1v) is 8.10. The number of hydrogen-bond acceptors (Lipinski definition) is 4. The van der Waals surface area contributed by atoms with Crippen LogP contribution < -0.4 is 10.1 Å². The van der Waals surface area contributed by atoms with Crippen LogP contribution in [0.1, 0.15) is 30.9 Å². The molecule has 128 valence electrons. The van der Waals surface area contributed by atoms with Crippen LogP contribution >= 0.6 is 0 Å². The van der Waals surface area contributed by atoms with Gasteiger partial charge in [0.2, 0.25) is 11.8 Å². The van der Waals surface area contributed by atoms with E-state index in [9.17, 15) is 14.4 Å². The number of urea groups is 1.